The van der Waals surface area contributed by atoms with Crippen molar-refractivity contribution in [3.63, 3.8) is 0 Å². The van der Waals surface area contributed by atoms with Crippen molar-refractivity contribution in [2.24, 2.45) is 5.92 Å². The number of pyridine rings is 1. The van der Waals surface area contributed by atoms with Crippen LogP contribution >= 0.6 is 11.6 Å². The molecular weight excluding hydrogens is 431 g/mol. The van der Waals surface area contributed by atoms with E-state index in [9.17, 15) is 21.6 Å². The van der Waals surface area contributed by atoms with Crippen LogP contribution in [0.2, 0.25) is 5.02 Å². The lowest BCUT2D eigenvalue weighted by atomic mass is 9.89. The summed E-state index contributed by atoms with van der Waals surface area (Å²) in [6.45, 7) is 1.50. The van der Waals surface area contributed by atoms with Gasteiger partial charge in [-0.05, 0) is 68.2 Å². The van der Waals surface area contributed by atoms with Crippen molar-refractivity contribution < 1.29 is 26.3 Å². The lowest BCUT2D eigenvalue weighted by Crippen LogP contribution is -2.39. The smallest absolute Gasteiger partial charge is 0.406 e. The van der Waals surface area contributed by atoms with E-state index < -0.39 is 28.2 Å². The fraction of sp³-hybridized carbons (Fsp3) is 0.389. The highest BCUT2D eigenvalue weighted by Crippen LogP contribution is 2.31. The molecule has 1 aromatic heterocycles. The van der Waals surface area contributed by atoms with Crippen molar-refractivity contribution in [2.45, 2.75) is 30.1 Å². The molecule has 2 heterocycles. The number of hydrogen-bond acceptors (Lipinski definition) is 5. The maximum Gasteiger partial charge on any atom is 0.573 e. The van der Waals surface area contributed by atoms with Crippen LogP contribution in [0.25, 0.3) is 0 Å². The van der Waals surface area contributed by atoms with E-state index in [1.807, 2.05) is 0 Å². The van der Waals surface area contributed by atoms with E-state index in [1.165, 1.54) is 6.20 Å². The van der Waals surface area contributed by atoms with Crippen LogP contribution in [0.4, 0.5) is 13.2 Å². The third kappa shape index (κ3) is 6.05. The maximum absolute atomic E-state index is 12.9. The third-order valence-electron chi connectivity index (χ3n) is 4.57. The quantitative estimate of drug-likeness (QED) is 0.703. The van der Waals surface area contributed by atoms with Gasteiger partial charge in [0, 0.05) is 6.20 Å². The highest BCUT2D eigenvalue weighted by atomic mass is 35.5. The first kappa shape index (κ1) is 21.8. The molecule has 1 fully saturated rings. The van der Waals surface area contributed by atoms with Crippen LogP contribution in [0.5, 0.6) is 5.75 Å². The molecule has 1 atom stereocenters. The number of nitrogens with one attached hydrogen (secondary N) is 2. The van der Waals surface area contributed by atoms with E-state index in [-0.39, 0.29) is 10.8 Å². The van der Waals surface area contributed by atoms with E-state index >= 15 is 0 Å². The van der Waals surface area contributed by atoms with Gasteiger partial charge in [0.15, 0.2) is 0 Å². The molecule has 1 unspecified atom stereocenters. The summed E-state index contributed by atoms with van der Waals surface area (Å²) in [6, 6.07) is 6.76. The molecule has 0 aliphatic carbocycles. The van der Waals surface area contributed by atoms with E-state index in [1.54, 1.807) is 12.1 Å². The van der Waals surface area contributed by atoms with Gasteiger partial charge in [-0.2, -0.15) is 0 Å². The van der Waals surface area contributed by atoms with E-state index in [0.717, 1.165) is 50.2 Å². The average Bonchev–Trinajstić information content (AvgIpc) is 2.67. The van der Waals surface area contributed by atoms with Gasteiger partial charge in [-0.3, -0.25) is 4.98 Å². The first-order valence-electron chi connectivity index (χ1n) is 8.84. The minimum atomic E-state index is -4.85. The molecule has 158 valence electrons. The topological polar surface area (TPSA) is 80.3 Å². The van der Waals surface area contributed by atoms with Crippen LogP contribution in [-0.4, -0.2) is 32.9 Å². The number of hydrogen-bond donors (Lipinski definition) is 2. The predicted molar refractivity (Wildman–Crippen MR) is 101 cm³/mol. The molecule has 3 rings (SSSR count). The van der Waals surface area contributed by atoms with Gasteiger partial charge in [0.25, 0.3) is 0 Å². The zero-order valence-electron chi connectivity index (χ0n) is 15.1. The average molecular weight is 450 g/mol. The SMILES string of the molecule is O=S(=O)(NC(c1ccc(Cl)cn1)C1CCNCC1)c1ccc(OC(F)(F)F)cc1. The molecule has 2 aromatic rings. The molecule has 0 radical (unpaired) electrons. The van der Waals surface area contributed by atoms with Crippen LogP contribution in [0.15, 0.2) is 47.5 Å². The Kier molecular flexibility index (Phi) is 6.67. The van der Waals surface area contributed by atoms with Crippen molar-refractivity contribution in [3.05, 3.63) is 53.3 Å². The lowest BCUT2D eigenvalue weighted by Gasteiger charge is -2.31. The molecule has 1 saturated heterocycles. The number of rotatable bonds is 6. The maximum atomic E-state index is 12.9. The number of alkyl halides is 3. The van der Waals surface area contributed by atoms with E-state index in [2.05, 4.69) is 19.8 Å². The molecule has 1 aliphatic rings. The van der Waals surface area contributed by atoms with Crippen LogP contribution in [0, 0.1) is 5.92 Å². The van der Waals surface area contributed by atoms with Crippen LogP contribution in [0.1, 0.15) is 24.6 Å². The molecule has 0 spiro atoms. The number of aromatic nitrogens is 1. The summed E-state index contributed by atoms with van der Waals surface area (Å²) in [5.41, 5.74) is 0.530. The number of sulfonamides is 1. The predicted octanol–water partition coefficient (Wildman–Crippen LogP) is 3.65. The third-order valence-corrected chi connectivity index (χ3v) is 6.25. The van der Waals surface area contributed by atoms with Crippen LogP contribution in [0.3, 0.4) is 0 Å². The molecule has 2 N–H and O–H groups in total. The second kappa shape index (κ2) is 8.86. The first-order valence-corrected chi connectivity index (χ1v) is 10.7. The lowest BCUT2D eigenvalue weighted by molar-refractivity contribution is -0.274. The number of nitrogens with zero attached hydrogens (tertiary/aromatic N) is 1. The van der Waals surface area contributed by atoms with Gasteiger partial charge in [0.2, 0.25) is 10.0 Å². The highest BCUT2D eigenvalue weighted by Gasteiger charge is 2.32. The molecule has 29 heavy (non-hydrogen) atoms. The number of piperidine rings is 1. The molecule has 0 saturated carbocycles. The fourth-order valence-electron chi connectivity index (χ4n) is 3.20. The molecular formula is C18H19ClF3N3O3S. The minimum absolute atomic E-state index is 0.00698. The fourth-order valence-corrected chi connectivity index (χ4v) is 4.59. The second-order valence-electron chi connectivity index (χ2n) is 6.61. The zero-order chi connectivity index (χ0) is 21.1. The van der Waals surface area contributed by atoms with Gasteiger partial charge >= 0.3 is 6.36 Å². The van der Waals surface area contributed by atoms with E-state index in [0.29, 0.717) is 10.7 Å². The molecule has 0 amide bonds. The Hall–Kier alpha value is -1.88. The largest absolute Gasteiger partial charge is 0.573 e. The molecule has 0 bridgehead atoms. The Morgan fingerprint density at radius 3 is 2.34 bits per heavy atom. The molecule has 6 nitrogen and oxygen atoms in total. The van der Waals surface area contributed by atoms with Gasteiger partial charge in [-0.15, -0.1) is 13.2 Å². The summed E-state index contributed by atoms with van der Waals surface area (Å²) in [5.74, 6) is -0.488. The molecule has 11 heteroatoms. The monoisotopic (exact) mass is 449 g/mol. The van der Waals surface area contributed by atoms with E-state index in [4.69, 9.17) is 11.6 Å². The Labute approximate surface area is 171 Å². The van der Waals surface area contributed by atoms with Crippen molar-refractivity contribution in [1.29, 1.82) is 0 Å². The number of ether oxygens (including phenoxy) is 1. The number of halogens is 4. The molecule has 1 aliphatic heterocycles. The number of benzene rings is 1. The van der Waals surface area contributed by atoms with Gasteiger partial charge in [0.05, 0.1) is 21.7 Å². The summed E-state index contributed by atoms with van der Waals surface area (Å²) in [4.78, 5) is 4.10. The Morgan fingerprint density at radius 1 is 1.14 bits per heavy atom. The standard InChI is InChI=1S/C18H19ClF3N3O3S/c19-13-1-6-16(24-11-13)17(12-7-9-23-10-8-12)25-29(26,27)15-4-2-14(3-5-15)28-18(20,21)22/h1-6,11-12,17,23,25H,7-10H2. The normalized spacial score (nSPS) is 17.1. The van der Waals surface area contributed by atoms with Gasteiger partial charge < -0.3 is 10.1 Å². The van der Waals surface area contributed by atoms with Crippen LogP contribution in [-0.2, 0) is 10.0 Å². The Morgan fingerprint density at radius 2 is 1.79 bits per heavy atom. The first-order chi connectivity index (χ1) is 13.6. The Bertz CT molecular complexity index is 916. The summed E-state index contributed by atoms with van der Waals surface area (Å²) in [6.07, 6.45) is -1.91. The summed E-state index contributed by atoms with van der Waals surface area (Å²) in [7, 11) is -4.01. The molecule has 1 aromatic carbocycles. The highest BCUT2D eigenvalue weighted by molar-refractivity contribution is 7.89. The van der Waals surface area contributed by atoms with Gasteiger partial charge in [0.1, 0.15) is 5.75 Å². The van der Waals surface area contributed by atoms with Crippen molar-refractivity contribution >= 4 is 21.6 Å². The van der Waals surface area contributed by atoms with Gasteiger partial charge in [-0.25, -0.2) is 13.1 Å². The van der Waals surface area contributed by atoms with Crippen molar-refractivity contribution in [1.82, 2.24) is 15.0 Å². The summed E-state index contributed by atoms with van der Waals surface area (Å²) < 4.78 is 69.1. The van der Waals surface area contributed by atoms with Crippen molar-refractivity contribution in [2.75, 3.05) is 13.1 Å². The zero-order valence-corrected chi connectivity index (χ0v) is 16.7. The second-order valence-corrected chi connectivity index (χ2v) is 8.76. The summed E-state index contributed by atoms with van der Waals surface area (Å²) in [5, 5.41) is 3.66. The summed E-state index contributed by atoms with van der Waals surface area (Å²) >= 11 is 5.89. The van der Waals surface area contributed by atoms with Crippen molar-refractivity contribution in [3.8, 4) is 5.75 Å². The van der Waals surface area contributed by atoms with Crippen LogP contribution < -0.4 is 14.8 Å². The Balaban J connectivity index is 1.84. The van der Waals surface area contributed by atoms with Gasteiger partial charge in [-0.1, -0.05) is 11.6 Å². The minimum Gasteiger partial charge on any atom is -0.406 e.